The highest BCUT2D eigenvalue weighted by atomic mass is 19.3. The molecule has 9 heteroatoms. The first-order chi connectivity index (χ1) is 15.4. The average molecular weight is 454 g/mol. The molecule has 1 aliphatic heterocycles. The number of nitrogens with one attached hydrogen (secondary N) is 2. The molecule has 0 aliphatic carbocycles. The van der Waals surface area contributed by atoms with Crippen molar-refractivity contribution >= 4 is 5.91 Å². The molecule has 2 heterocycles. The summed E-state index contributed by atoms with van der Waals surface area (Å²) in [6.07, 6.45) is -0.103. The molecule has 0 unspecified atom stereocenters. The molecule has 178 valence electrons. The number of hydrogen-bond acceptors (Lipinski definition) is 3. The van der Waals surface area contributed by atoms with Gasteiger partial charge in [0.1, 0.15) is 17.8 Å². The van der Waals surface area contributed by atoms with Crippen LogP contribution in [0.3, 0.4) is 0 Å². The van der Waals surface area contributed by atoms with Gasteiger partial charge in [-0.25, -0.2) is 13.2 Å². The molecule has 1 aromatic heterocycles. The molecule has 1 saturated heterocycles. The second-order valence-electron chi connectivity index (χ2n) is 6.95. The summed E-state index contributed by atoms with van der Waals surface area (Å²) >= 11 is 0. The van der Waals surface area contributed by atoms with Crippen LogP contribution in [0.15, 0.2) is 24.5 Å². The molecule has 0 bridgehead atoms. The van der Waals surface area contributed by atoms with Crippen molar-refractivity contribution in [3.05, 3.63) is 58.4 Å². The standard InChI is InChI=1S/C19H22F3N5O.2C2H6/c1-11-6-14(7-12(2)17(11)20)19(28)27-5-3-4-13(9-27)15-8-16(18(21)22)26-24-10-23-25-15;2*1-2/h6-8,10,13,18,25H,3-5,9H2,1-2H3,(H,23,24);2*1-2H3/t13-;;/m0../s1. The first-order valence-electron chi connectivity index (χ1n) is 11.0. The lowest BCUT2D eigenvalue weighted by Gasteiger charge is -2.32. The Labute approximate surface area is 187 Å². The molecule has 1 aromatic carbocycles. The third-order valence-electron chi connectivity index (χ3n) is 4.87. The molecule has 0 radical (unpaired) electrons. The number of H-pyrrole nitrogens is 2. The Bertz CT molecular complexity index is 886. The summed E-state index contributed by atoms with van der Waals surface area (Å²) in [7, 11) is 0. The van der Waals surface area contributed by atoms with Crippen LogP contribution in [0.5, 0.6) is 0 Å². The third kappa shape index (κ3) is 7.10. The number of halogens is 3. The summed E-state index contributed by atoms with van der Waals surface area (Å²) < 4.78 is 40.1. The van der Waals surface area contributed by atoms with E-state index in [9.17, 15) is 18.0 Å². The van der Waals surface area contributed by atoms with Gasteiger partial charge >= 0.3 is 0 Å². The number of benzene rings is 1. The van der Waals surface area contributed by atoms with Crippen LogP contribution in [0.25, 0.3) is 0 Å². The molecule has 0 saturated carbocycles. The van der Waals surface area contributed by atoms with Gasteiger partial charge in [0.05, 0.1) is 0 Å². The van der Waals surface area contributed by atoms with Crippen LogP contribution in [-0.4, -0.2) is 44.3 Å². The fourth-order valence-corrected chi connectivity index (χ4v) is 3.45. The van der Waals surface area contributed by atoms with E-state index in [4.69, 9.17) is 0 Å². The van der Waals surface area contributed by atoms with Gasteiger partial charge in [-0.15, -0.1) is 0 Å². The fraction of sp³-hybridized carbons (Fsp3) is 0.522. The summed E-state index contributed by atoms with van der Waals surface area (Å²) in [4.78, 5) is 14.6. The summed E-state index contributed by atoms with van der Waals surface area (Å²) in [5, 5.41) is 12.6. The highest BCUT2D eigenvalue weighted by molar-refractivity contribution is 5.94. The summed E-state index contributed by atoms with van der Waals surface area (Å²) in [6, 6.07) is 4.36. The van der Waals surface area contributed by atoms with Crippen molar-refractivity contribution in [2.75, 3.05) is 13.1 Å². The van der Waals surface area contributed by atoms with E-state index in [-0.39, 0.29) is 17.6 Å². The monoisotopic (exact) mass is 453 g/mol. The number of carbonyl (C=O) groups is 1. The van der Waals surface area contributed by atoms with E-state index >= 15 is 0 Å². The van der Waals surface area contributed by atoms with Crippen molar-refractivity contribution in [1.29, 1.82) is 0 Å². The van der Waals surface area contributed by atoms with Crippen molar-refractivity contribution in [2.45, 2.75) is 66.7 Å². The van der Waals surface area contributed by atoms with Gasteiger partial charge < -0.3 is 4.90 Å². The number of aromatic amines is 2. The summed E-state index contributed by atoms with van der Waals surface area (Å²) in [5.41, 5.74) is 1.35. The molecule has 2 aromatic rings. The maximum absolute atomic E-state index is 13.9. The summed E-state index contributed by atoms with van der Waals surface area (Å²) in [5.74, 6) is -0.697. The van der Waals surface area contributed by atoms with Crippen molar-refractivity contribution in [3.63, 3.8) is 0 Å². The fourth-order valence-electron chi connectivity index (χ4n) is 3.45. The molecular formula is C23H34F3N5O. The number of piperidine rings is 1. The van der Waals surface area contributed by atoms with E-state index in [0.29, 0.717) is 35.5 Å². The minimum atomic E-state index is -2.73. The number of hydrogen-bond donors (Lipinski definition) is 2. The summed E-state index contributed by atoms with van der Waals surface area (Å²) in [6.45, 7) is 12.2. The van der Waals surface area contributed by atoms with Crippen LogP contribution >= 0.6 is 0 Å². The average Bonchev–Trinajstić information content (AvgIpc) is 2.79. The molecule has 1 atom stereocenters. The Kier molecular flexibility index (Phi) is 11.5. The second-order valence-corrected chi connectivity index (χ2v) is 6.95. The van der Waals surface area contributed by atoms with Crippen molar-refractivity contribution in [1.82, 2.24) is 25.3 Å². The Morgan fingerprint density at radius 2 is 1.75 bits per heavy atom. The van der Waals surface area contributed by atoms with Crippen LogP contribution in [-0.2, 0) is 0 Å². The maximum Gasteiger partial charge on any atom is 0.282 e. The zero-order valence-corrected chi connectivity index (χ0v) is 19.7. The number of rotatable bonds is 3. The number of amides is 1. The van der Waals surface area contributed by atoms with Gasteiger partial charge in [0.25, 0.3) is 12.3 Å². The zero-order chi connectivity index (χ0) is 24.3. The third-order valence-corrected chi connectivity index (χ3v) is 4.87. The van der Waals surface area contributed by atoms with E-state index in [2.05, 4.69) is 20.4 Å². The molecule has 2 N–H and O–H groups in total. The van der Waals surface area contributed by atoms with E-state index in [0.717, 1.165) is 12.8 Å². The Balaban J connectivity index is 0.00000121. The predicted molar refractivity (Wildman–Crippen MR) is 120 cm³/mol. The maximum atomic E-state index is 13.9. The largest absolute Gasteiger partial charge is 0.338 e. The normalized spacial score (nSPS) is 15.2. The smallest absolute Gasteiger partial charge is 0.282 e. The topological polar surface area (TPSA) is 77.7 Å². The van der Waals surface area contributed by atoms with E-state index < -0.39 is 12.1 Å². The Hall–Kier alpha value is -2.84. The molecule has 1 amide bonds. The molecule has 1 aliphatic rings. The lowest BCUT2D eigenvalue weighted by molar-refractivity contribution is 0.0705. The lowest BCUT2D eigenvalue weighted by atomic mass is 9.93. The predicted octanol–water partition coefficient (Wildman–Crippen LogP) is 6.02. The number of nitrogens with zero attached hydrogens (tertiary/aromatic N) is 3. The van der Waals surface area contributed by atoms with Crippen LogP contribution in [0, 0.1) is 19.7 Å². The number of likely N-dealkylation sites (tertiary alicyclic amines) is 1. The van der Waals surface area contributed by atoms with Gasteiger partial charge in [0.2, 0.25) is 0 Å². The Morgan fingerprint density at radius 1 is 1.12 bits per heavy atom. The van der Waals surface area contributed by atoms with Crippen LogP contribution in [0.4, 0.5) is 13.2 Å². The van der Waals surface area contributed by atoms with Gasteiger partial charge in [0, 0.05) is 30.3 Å². The van der Waals surface area contributed by atoms with Crippen molar-refractivity contribution in [3.8, 4) is 0 Å². The Morgan fingerprint density at radius 3 is 2.34 bits per heavy atom. The van der Waals surface area contributed by atoms with Crippen LogP contribution < -0.4 is 0 Å². The zero-order valence-electron chi connectivity index (χ0n) is 19.7. The van der Waals surface area contributed by atoms with E-state index in [1.54, 1.807) is 30.9 Å². The van der Waals surface area contributed by atoms with Crippen molar-refractivity contribution in [2.24, 2.45) is 0 Å². The molecule has 6 nitrogen and oxygen atoms in total. The minimum absolute atomic E-state index is 0.181. The number of aryl methyl sites for hydroxylation is 2. The van der Waals surface area contributed by atoms with Gasteiger partial charge in [-0.05, 0) is 56.0 Å². The first-order valence-corrected chi connectivity index (χ1v) is 11.0. The lowest BCUT2D eigenvalue weighted by Crippen LogP contribution is -2.39. The number of aromatic nitrogens is 4. The van der Waals surface area contributed by atoms with E-state index in [1.165, 1.54) is 12.4 Å². The highest BCUT2D eigenvalue weighted by Gasteiger charge is 2.27. The van der Waals surface area contributed by atoms with Gasteiger partial charge in [-0.3, -0.25) is 15.0 Å². The van der Waals surface area contributed by atoms with Crippen LogP contribution in [0.1, 0.15) is 85.8 Å². The SMILES string of the molecule is CC.CC.Cc1cc(C(=O)N2CCC[C@H](c3cc(C(F)F)n[nH]cn[nH]3)C2)cc(C)c1F. The van der Waals surface area contributed by atoms with Crippen molar-refractivity contribution < 1.29 is 18.0 Å². The van der Waals surface area contributed by atoms with Gasteiger partial charge in [-0.2, -0.15) is 10.2 Å². The number of carbonyl (C=O) groups excluding carboxylic acids is 1. The molecule has 3 rings (SSSR count). The van der Waals surface area contributed by atoms with Gasteiger partial charge in [-0.1, -0.05) is 27.7 Å². The number of alkyl halides is 2. The quantitative estimate of drug-likeness (QED) is 0.596. The minimum Gasteiger partial charge on any atom is -0.338 e. The highest BCUT2D eigenvalue weighted by Crippen LogP contribution is 2.28. The first kappa shape index (κ1) is 27.2. The van der Waals surface area contributed by atoms with E-state index in [1.807, 2.05) is 27.7 Å². The molecule has 32 heavy (non-hydrogen) atoms. The molecule has 0 spiro atoms. The molecular weight excluding hydrogens is 419 g/mol. The van der Waals surface area contributed by atoms with Crippen LogP contribution in [0.2, 0.25) is 0 Å². The molecule has 1 fully saturated rings. The second kappa shape index (κ2) is 13.5. The van der Waals surface area contributed by atoms with Gasteiger partial charge in [0.15, 0.2) is 0 Å².